The molecule has 5 nitrogen and oxygen atoms in total. The summed E-state index contributed by atoms with van der Waals surface area (Å²) in [5.41, 5.74) is -0.131. The van der Waals surface area contributed by atoms with E-state index in [0.29, 0.717) is 24.7 Å². The molecule has 5 heteroatoms. The van der Waals surface area contributed by atoms with Crippen LogP contribution in [0.5, 0.6) is 0 Å². The van der Waals surface area contributed by atoms with Gasteiger partial charge in [0.15, 0.2) is 0 Å². The Labute approximate surface area is 88.9 Å². The summed E-state index contributed by atoms with van der Waals surface area (Å²) in [4.78, 5) is 18.2. The van der Waals surface area contributed by atoms with E-state index in [9.17, 15) is 4.79 Å². The molecule has 0 bridgehead atoms. The summed E-state index contributed by atoms with van der Waals surface area (Å²) in [6, 6.07) is 1.58. The minimum Gasteiger partial charge on any atom is -0.383 e. The Kier molecular flexibility index (Phi) is 4.30. The average Bonchev–Trinajstić information content (AvgIpc) is 2.17. The van der Waals surface area contributed by atoms with E-state index < -0.39 is 0 Å². The van der Waals surface area contributed by atoms with Gasteiger partial charge in [-0.05, 0) is 6.92 Å². The van der Waals surface area contributed by atoms with Gasteiger partial charge in [-0.15, -0.1) is 0 Å². The highest BCUT2D eigenvalue weighted by Crippen LogP contribution is 2.02. The van der Waals surface area contributed by atoms with E-state index >= 15 is 0 Å². The number of aromatic nitrogens is 2. The maximum Gasteiger partial charge on any atom is 0.252 e. The standard InChI is InChI=1S/C10H17N3O2/c1-4-8-12-9(5-10(14)13-8)11-7(2)6-15-3/h5,7H,4,6H2,1-3H3,(H2,11,12,13,14). The zero-order chi connectivity index (χ0) is 11.3. The lowest BCUT2D eigenvalue weighted by Crippen LogP contribution is -2.23. The molecule has 0 aromatic carbocycles. The van der Waals surface area contributed by atoms with E-state index in [4.69, 9.17) is 4.74 Å². The van der Waals surface area contributed by atoms with Crippen molar-refractivity contribution in [2.24, 2.45) is 0 Å². The van der Waals surface area contributed by atoms with Gasteiger partial charge in [0.1, 0.15) is 11.6 Å². The summed E-state index contributed by atoms with van der Waals surface area (Å²) in [7, 11) is 1.64. The van der Waals surface area contributed by atoms with Gasteiger partial charge in [0.25, 0.3) is 5.56 Å². The average molecular weight is 211 g/mol. The first kappa shape index (κ1) is 11.7. The molecule has 0 radical (unpaired) electrons. The predicted octanol–water partition coefficient (Wildman–Crippen LogP) is 0.779. The number of nitrogens with zero attached hydrogens (tertiary/aromatic N) is 1. The van der Waals surface area contributed by atoms with Crippen molar-refractivity contribution in [1.29, 1.82) is 0 Å². The fourth-order valence-corrected chi connectivity index (χ4v) is 1.29. The van der Waals surface area contributed by atoms with Gasteiger partial charge in [-0.2, -0.15) is 0 Å². The van der Waals surface area contributed by atoms with Crippen LogP contribution in [0.2, 0.25) is 0 Å². The molecule has 0 saturated carbocycles. The Morgan fingerprint density at radius 3 is 3.00 bits per heavy atom. The Morgan fingerprint density at radius 2 is 2.40 bits per heavy atom. The number of nitrogens with one attached hydrogen (secondary N) is 2. The molecular formula is C10H17N3O2. The van der Waals surface area contributed by atoms with Crippen LogP contribution in [0.3, 0.4) is 0 Å². The fourth-order valence-electron chi connectivity index (χ4n) is 1.29. The van der Waals surface area contributed by atoms with E-state index in [1.54, 1.807) is 7.11 Å². The Morgan fingerprint density at radius 1 is 1.67 bits per heavy atom. The van der Waals surface area contributed by atoms with E-state index in [0.717, 1.165) is 0 Å². The van der Waals surface area contributed by atoms with Gasteiger partial charge < -0.3 is 15.0 Å². The molecule has 0 spiro atoms. The monoisotopic (exact) mass is 211 g/mol. The highest BCUT2D eigenvalue weighted by Gasteiger charge is 2.04. The second kappa shape index (κ2) is 5.50. The predicted molar refractivity (Wildman–Crippen MR) is 59.2 cm³/mol. The normalized spacial score (nSPS) is 12.5. The molecule has 1 unspecified atom stereocenters. The molecule has 0 aliphatic heterocycles. The minimum atomic E-state index is -0.131. The first-order valence-electron chi connectivity index (χ1n) is 5.01. The van der Waals surface area contributed by atoms with Crippen molar-refractivity contribution < 1.29 is 4.74 Å². The molecular weight excluding hydrogens is 194 g/mol. The third-order valence-electron chi connectivity index (χ3n) is 1.94. The Bertz CT molecular complexity index is 362. The van der Waals surface area contributed by atoms with Crippen molar-refractivity contribution in [1.82, 2.24) is 9.97 Å². The number of aromatic amines is 1. The van der Waals surface area contributed by atoms with Crippen LogP contribution < -0.4 is 10.9 Å². The van der Waals surface area contributed by atoms with Crippen molar-refractivity contribution >= 4 is 5.82 Å². The van der Waals surface area contributed by atoms with Crippen LogP contribution in [0.1, 0.15) is 19.7 Å². The van der Waals surface area contributed by atoms with Gasteiger partial charge in [0, 0.05) is 25.6 Å². The van der Waals surface area contributed by atoms with Crippen molar-refractivity contribution in [3.63, 3.8) is 0 Å². The zero-order valence-corrected chi connectivity index (χ0v) is 9.33. The first-order chi connectivity index (χ1) is 7.15. The first-order valence-corrected chi connectivity index (χ1v) is 5.01. The molecule has 1 atom stereocenters. The second-order valence-electron chi connectivity index (χ2n) is 3.43. The second-order valence-corrected chi connectivity index (χ2v) is 3.43. The molecule has 15 heavy (non-hydrogen) atoms. The minimum absolute atomic E-state index is 0.131. The summed E-state index contributed by atoms with van der Waals surface area (Å²) in [6.45, 7) is 4.49. The number of ether oxygens (including phenoxy) is 1. The molecule has 0 amide bonds. The zero-order valence-electron chi connectivity index (χ0n) is 9.33. The molecule has 0 fully saturated rings. The van der Waals surface area contributed by atoms with Crippen molar-refractivity contribution in [3.8, 4) is 0 Å². The molecule has 0 aliphatic carbocycles. The molecule has 1 aromatic heterocycles. The summed E-state index contributed by atoms with van der Waals surface area (Å²) < 4.78 is 4.99. The number of H-pyrrole nitrogens is 1. The topological polar surface area (TPSA) is 67.0 Å². The number of rotatable bonds is 5. The van der Waals surface area contributed by atoms with Gasteiger partial charge in [0.05, 0.1) is 6.61 Å². The van der Waals surface area contributed by atoms with Crippen LogP contribution in [-0.4, -0.2) is 29.7 Å². The highest BCUT2D eigenvalue weighted by molar-refractivity contribution is 5.34. The summed E-state index contributed by atoms with van der Waals surface area (Å²) in [5, 5.41) is 3.10. The lowest BCUT2D eigenvalue weighted by atomic mass is 10.3. The third kappa shape index (κ3) is 3.71. The van der Waals surface area contributed by atoms with E-state index in [1.165, 1.54) is 6.07 Å². The third-order valence-corrected chi connectivity index (χ3v) is 1.94. The van der Waals surface area contributed by atoms with E-state index in [-0.39, 0.29) is 11.6 Å². The van der Waals surface area contributed by atoms with Gasteiger partial charge in [0.2, 0.25) is 0 Å². The maximum absolute atomic E-state index is 11.2. The van der Waals surface area contributed by atoms with Crippen LogP contribution >= 0.6 is 0 Å². The van der Waals surface area contributed by atoms with Gasteiger partial charge in [-0.25, -0.2) is 4.98 Å². The number of hydrogen-bond acceptors (Lipinski definition) is 4. The number of hydrogen-bond donors (Lipinski definition) is 2. The maximum atomic E-state index is 11.2. The van der Waals surface area contributed by atoms with E-state index in [1.807, 2.05) is 13.8 Å². The molecule has 0 saturated heterocycles. The highest BCUT2D eigenvalue weighted by atomic mass is 16.5. The summed E-state index contributed by atoms with van der Waals surface area (Å²) in [5.74, 6) is 1.29. The molecule has 0 aliphatic rings. The smallest absolute Gasteiger partial charge is 0.252 e. The number of aryl methyl sites for hydroxylation is 1. The largest absolute Gasteiger partial charge is 0.383 e. The fraction of sp³-hybridized carbons (Fsp3) is 0.600. The molecule has 1 rings (SSSR count). The summed E-state index contributed by atoms with van der Waals surface area (Å²) in [6.07, 6.45) is 0.712. The Hall–Kier alpha value is -1.36. The molecule has 1 heterocycles. The van der Waals surface area contributed by atoms with Crippen molar-refractivity contribution in [2.45, 2.75) is 26.3 Å². The SMILES string of the molecule is CCc1nc(NC(C)COC)cc(=O)[nH]1. The van der Waals surface area contributed by atoms with Crippen LogP contribution in [0.4, 0.5) is 5.82 Å². The summed E-state index contributed by atoms with van der Waals surface area (Å²) >= 11 is 0. The van der Waals surface area contributed by atoms with Crippen molar-refractivity contribution in [3.05, 3.63) is 22.2 Å². The lowest BCUT2D eigenvalue weighted by Gasteiger charge is -2.13. The van der Waals surface area contributed by atoms with E-state index in [2.05, 4.69) is 15.3 Å². The van der Waals surface area contributed by atoms with Gasteiger partial charge >= 0.3 is 0 Å². The number of methoxy groups -OCH3 is 1. The van der Waals surface area contributed by atoms with Gasteiger partial charge in [-0.3, -0.25) is 4.79 Å². The van der Waals surface area contributed by atoms with Crippen LogP contribution in [-0.2, 0) is 11.2 Å². The number of anilines is 1. The molecule has 1 aromatic rings. The molecule has 84 valence electrons. The lowest BCUT2D eigenvalue weighted by molar-refractivity contribution is 0.190. The van der Waals surface area contributed by atoms with Crippen LogP contribution in [0.25, 0.3) is 0 Å². The van der Waals surface area contributed by atoms with Crippen LogP contribution in [0, 0.1) is 0 Å². The van der Waals surface area contributed by atoms with Crippen LogP contribution in [0.15, 0.2) is 10.9 Å². The quantitative estimate of drug-likeness (QED) is 0.755. The van der Waals surface area contributed by atoms with Gasteiger partial charge in [-0.1, -0.05) is 6.92 Å². The molecule has 2 N–H and O–H groups in total. The van der Waals surface area contributed by atoms with Crippen molar-refractivity contribution in [2.75, 3.05) is 19.0 Å². The Balaban J connectivity index is 2.76.